The molecule has 2 aromatic rings. The molecule has 30 heavy (non-hydrogen) atoms. The molecule has 0 radical (unpaired) electrons. The zero-order valence-electron chi connectivity index (χ0n) is 16.3. The quantitative estimate of drug-likeness (QED) is 0.532. The molecule has 0 unspecified atom stereocenters. The van der Waals surface area contributed by atoms with Crippen LogP contribution in [0.15, 0.2) is 24.3 Å². The molecular weight excluding hydrogens is 411 g/mol. The van der Waals surface area contributed by atoms with E-state index in [-0.39, 0.29) is 43.2 Å². The van der Waals surface area contributed by atoms with E-state index < -0.39 is 18.5 Å². The molecule has 0 saturated heterocycles. The van der Waals surface area contributed by atoms with E-state index in [1.165, 1.54) is 29.2 Å². The molecule has 0 aliphatic heterocycles. The second kappa shape index (κ2) is 11.5. The summed E-state index contributed by atoms with van der Waals surface area (Å²) in [5.41, 5.74) is 0.445. The number of aryl methyl sites for hydroxylation is 1. The van der Waals surface area contributed by atoms with Crippen LogP contribution in [0.25, 0.3) is 0 Å². The highest BCUT2D eigenvalue weighted by atomic mass is 32.1. The number of carbonyl (C=O) groups is 2. The Kier molecular flexibility index (Phi) is 8.73. The lowest BCUT2D eigenvalue weighted by atomic mass is 10.3. The number of thiazole rings is 1. The van der Waals surface area contributed by atoms with Crippen LogP contribution in [0.5, 0.6) is 5.75 Å². The first-order chi connectivity index (χ1) is 14.4. The highest BCUT2D eigenvalue weighted by Gasteiger charge is 2.20. The normalized spacial score (nSPS) is 10.0. The van der Waals surface area contributed by atoms with Crippen molar-refractivity contribution in [2.45, 2.75) is 26.4 Å². The van der Waals surface area contributed by atoms with Gasteiger partial charge in [0, 0.05) is 13.1 Å². The van der Waals surface area contributed by atoms with E-state index in [0.29, 0.717) is 16.5 Å². The first-order valence-corrected chi connectivity index (χ1v) is 9.79. The van der Waals surface area contributed by atoms with Gasteiger partial charge in [-0.2, -0.15) is 10.5 Å². The van der Waals surface area contributed by atoms with Crippen LogP contribution in [0.1, 0.15) is 33.2 Å². The summed E-state index contributed by atoms with van der Waals surface area (Å²) < 4.78 is 23.5. The summed E-state index contributed by atoms with van der Waals surface area (Å²) in [5.74, 6) is -1.07. The number of ether oxygens (including phenoxy) is 2. The SMILES string of the molecule is Cc1nc(COc2ccc(F)cc2)sc1C(=O)OCC(=O)N(CCC#N)CCC#N. The lowest BCUT2D eigenvalue weighted by molar-refractivity contribution is -0.134. The Labute approximate surface area is 177 Å². The summed E-state index contributed by atoms with van der Waals surface area (Å²) >= 11 is 1.08. The van der Waals surface area contributed by atoms with Crippen molar-refractivity contribution in [2.75, 3.05) is 19.7 Å². The van der Waals surface area contributed by atoms with Crippen molar-refractivity contribution in [3.8, 4) is 17.9 Å². The van der Waals surface area contributed by atoms with Gasteiger partial charge in [0.25, 0.3) is 5.91 Å². The van der Waals surface area contributed by atoms with Crippen molar-refractivity contribution in [1.82, 2.24) is 9.88 Å². The molecule has 0 bridgehead atoms. The van der Waals surface area contributed by atoms with Gasteiger partial charge in [-0.1, -0.05) is 0 Å². The van der Waals surface area contributed by atoms with Gasteiger partial charge in [0.05, 0.1) is 30.7 Å². The average molecular weight is 430 g/mol. The Hall–Kier alpha value is -3.50. The molecule has 0 N–H and O–H groups in total. The van der Waals surface area contributed by atoms with Gasteiger partial charge in [0.1, 0.15) is 28.1 Å². The number of hydrogen-bond donors (Lipinski definition) is 0. The summed E-state index contributed by atoms with van der Waals surface area (Å²) in [7, 11) is 0. The van der Waals surface area contributed by atoms with Crippen molar-refractivity contribution >= 4 is 23.2 Å². The first kappa shape index (κ1) is 22.8. The third kappa shape index (κ3) is 6.83. The molecule has 1 aromatic heterocycles. The maximum Gasteiger partial charge on any atom is 0.350 e. The van der Waals surface area contributed by atoms with Crippen LogP contribution in [0.2, 0.25) is 0 Å². The number of rotatable bonds is 10. The predicted octanol–water partition coefficient (Wildman–Crippen LogP) is 2.98. The first-order valence-electron chi connectivity index (χ1n) is 8.98. The van der Waals surface area contributed by atoms with Gasteiger partial charge >= 0.3 is 5.97 Å². The van der Waals surface area contributed by atoms with Crippen LogP contribution in [0, 0.1) is 35.4 Å². The summed E-state index contributed by atoms with van der Waals surface area (Å²) in [4.78, 5) is 30.4. The van der Waals surface area contributed by atoms with E-state index >= 15 is 0 Å². The smallest absolute Gasteiger partial charge is 0.350 e. The summed E-state index contributed by atoms with van der Waals surface area (Å²) in [6.07, 6.45) is 0.243. The number of nitrogens with zero attached hydrogens (tertiary/aromatic N) is 4. The molecule has 156 valence electrons. The van der Waals surface area contributed by atoms with Gasteiger partial charge in [-0.05, 0) is 31.2 Å². The van der Waals surface area contributed by atoms with Crippen molar-refractivity contribution in [2.24, 2.45) is 0 Å². The second-order valence-corrected chi connectivity index (χ2v) is 7.12. The molecular formula is C20H19FN4O4S. The fraction of sp³-hybridized carbons (Fsp3) is 0.350. The highest BCUT2D eigenvalue weighted by Crippen LogP contribution is 2.21. The van der Waals surface area contributed by atoms with Crippen LogP contribution in [-0.4, -0.2) is 41.5 Å². The Morgan fingerprint density at radius 1 is 1.17 bits per heavy atom. The molecule has 10 heteroatoms. The molecule has 2 rings (SSSR count). The summed E-state index contributed by atoms with van der Waals surface area (Å²) in [6.45, 7) is 1.58. The molecule has 0 aliphatic rings. The molecule has 1 heterocycles. The van der Waals surface area contributed by atoms with Gasteiger partial charge in [-0.25, -0.2) is 14.2 Å². The number of nitriles is 2. The summed E-state index contributed by atoms with van der Waals surface area (Å²) in [6, 6.07) is 9.40. The Morgan fingerprint density at radius 2 is 1.80 bits per heavy atom. The predicted molar refractivity (Wildman–Crippen MR) is 105 cm³/mol. The molecule has 1 aromatic carbocycles. The third-order valence-corrected chi connectivity index (χ3v) is 4.98. The number of hydrogen-bond acceptors (Lipinski definition) is 8. The van der Waals surface area contributed by atoms with Crippen molar-refractivity contribution in [3.05, 3.63) is 45.7 Å². The third-order valence-electron chi connectivity index (χ3n) is 3.87. The second-order valence-electron chi connectivity index (χ2n) is 6.04. The zero-order valence-corrected chi connectivity index (χ0v) is 17.1. The Morgan fingerprint density at radius 3 is 2.40 bits per heavy atom. The van der Waals surface area contributed by atoms with Crippen molar-refractivity contribution < 1.29 is 23.5 Å². The lowest BCUT2D eigenvalue weighted by Gasteiger charge is -2.19. The zero-order chi connectivity index (χ0) is 21.9. The Balaban J connectivity index is 1.91. The van der Waals surface area contributed by atoms with Crippen LogP contribution in [-0.2, 0) is 16.1 Å². The maximum absolute atomic E-state index is 12.9. The number of amides is 1. The number of esters is 1. The fourth-order valence-electron chi connectivity index (χ4n) is 2.39. The molecule has 0 aliphatic carbocycles. The van der Waals surface area contributed by atoms with Crippen LogP contribution in [0.4, 0.5) is 4.39 Å². The molecule has 0 saturated carbocycles. The van der Waals surface area contributed by atoms with E-state index in [9.17, 15) is 14.0 Å². The maximum atomic E-state index is 12.9. The fourth-order valence-corrected chi connectivity index (χ4v) is 3.27. The number of benzene rings is 1. The summed E-state index contributed by atoms with van der Waals surface area (Å²) in [5, 5.41) is 17.9. The lowest BCUT2D eigenvalue weighted by Crippen LogP contribution is -2.36. The van der Waals surface area contributed by atoms with Crippen LogP contribution >= 0.6 is 11.3 Å². The topological polar surface area (TPSA) is 116 Å². The standard InChI is InChI=1S/C20H19FN4O4S/c1-14-19(30-17(24-14)12-28-16-6-4-15(21)5-7-16)20(27)29-13-18(26)25(10-2-8-22)11-3-9-23/h4-7H,2-3,10-13H2,1H3. The highest BCUT2D eigenvalue weighted by molar-refractivity contribution is 7.13. The van der Waals surface area contributed by atoms with Gasteiger partial charge in [0.2, 0.25) is 0 Å². The molecule has 0 atom stereocenters. The largest absolute Gasteiger partial charge is 0.486 e. The number of halogens is 1. The van der Waals surface area contributed by atoms with Crippen LogP contribution in [0.3, 0.4) is 0 Å². The van der Waals surface area contributed by atoms with Crippen molar-refractivity contribution in [1.29, 1.82) is 10.5 Å². The van der Waals surface area contributed by atoms with E-state index in [4.69, 9.17) is 20.0 Å². The molecule has 8 nitrogen and oxygen atoms in total. The van der Waals surface area contributed by atoms with Gasteiger partial charge in [-0.3, -0.25) is 4.79 Å². The minimum Gasteiger partial charge on any atom is -0.486 e. The van der Waals surface area contributed by atoms with E-state index in [0.717, 1.165) is 11.3 Å². The van der Waals surface area contributed by atoms with E-state index in [2.05, 4.69) is 4.98 Å². The van der Waals surface area contributed by atoms with Crippen LogP contribution < -0.4 is 4.74 Å². The van der Waals surface area contributed by atoms with Gasteiger partial charge in [0.15, 0.2) is 6.61 Å². The Bertz CT molecular complexity index is 945. The number of carbonyl (C=O) groups excluding carboxylic acids is 2. The minimum atomic E-state index is -0.688. The monoisotopic (exact) mass is 430 g/mol. The molecule has 0 spiro atoms. The average Bonchev–Trinajstić information content (AvgIpc) is 3.12. The van der Waals surface area contributed by atoms with Gasteiger partial charge < -0.3 is 14.4 Å². The van der Waals surface area contributed by atoms with E-state index in [1.54, 1.807) is 6.92 Å². The van der Waals surface area contributed by atoms with Gasteiger partial charge in [-0.15, -0.1) is 11.3 Å². The van der Waals surface area contributed by atoms with E-state index in [1.807, 2.05) is 12.1 Å². The molecule has 1 amide bonds. The number of aromatic nitrogens is 1. The minimum absolute atomic E-state index is 0.0967. The molecule has 0 fully saturated rings. The van der Waals surface area contributed by atoms with Crippen molar-refractivity contribution in [3.63, 3.8) is 0 Å².